The van der Waals surface area contributed by atoms with Crippen molar-refractivity contribution in [2.75, 3.05) is 0 Å². The second-order valence-electron chi connectivity index (χ2n) is 9.90. The van der Waals surface area contributed by atoms with Gasteiger partial charge in [-0.2, -0.15) is 0 Å². The second kappa shape index (κ2) is 8.22. The molecule has 2 heterocycles. The third kappa shape index (κ3) is 3.14. The highest BCUT2D eigenvalue weighted by atomic mass is 15.0. The van der Waals surface area contributed by atoms with Gasteiger partial charge in [-0.25, -0.2) is 0 Å². The van der Waals surface area contributed by atoms with Crippen LogP contribution < -0.4 is 0 Å². The van der Waals surface area contributed by atoms with Crippen LogP contribution in [0.3, 0.4) is 0 Å². The molecule has 0 saturated heterocycles. The molecular formula is C36H24N2. The zero-order chi connectivity index (χ0) is 25.1. The second-order valence-corrected chi connectivity index (χ2v) is 9.90. The lowest BCUT2D eigenvalue weighted by Crippen LogP contribution is -1.94. The van der Waals surface area contributed by atoms with E-state index in [1.807, 2.05) is 0 Å². The molecule has 1 N–H and O–H groups in total. The van der Waals surface area contributed by atoms with Crippen molar-refractivity contribution in [1.82, 2.24) is 9.55 Å². The average Bonchev–Trinajstić information content (AvgIpc) is 3.53. The van der Waals surface area contributed by atoms with Crippen LogP contribution >= 0.6 is 0 Å². The van der Waals surface area contributed by atoms with E-state index in [1.165, 1.54) is 65.9 Å². The minimum atomic E-state index is 1.16. The fraction of sp³-hybridized carbons (Fsp3) is 0. The van der Waals surface area contributed by atoms with Crippen LogP contribution in [0.25, 0.3) is 71.6 Å². The van der Waals surface area contributed by atoms with Crippen LogP contribution in [-0.4, -0.2) is 9.55 Å². The predicted octanol–water partition coefficient (Wildman–Crippen LogP) is 9.75. The van der Waals surface area contributed by atoms with Gasteiger partial charge < -0.3 is 9.55 Å². The lowest BCUT2D eigenvalue weighted by molar-refractivity contribution is 1.18. The summed E-state index contributed by atoms with van der Waals surface area (Å²) in [6, 6.07) is 50.1. The van der Waals surface area contributed by atoms with Gasteiger partial charge in [0.2, 0.25) is 0 Å². The first-order valence-electron chi connectivity index (χ1n) is 13.0. The van der Waals surface area contributed by atoms with Gasteiger partial charge in [0.1, 0.15) is 0 Å². The number of para-hydroxylation sites is 2. The van der Waals surface area contributed by atoms with Crippen LogP contribution in [0.4, 0.5) is 0 Å². The molecule has 0 bridgehead atoms. The first kappa shape index (κ1) is 21.0. The SMILES string of the molecule is c1ccc(-c2cccc(-c3cccc(-n4c5ccccc5c5c6[nH]c7ccccc7c6ccc54)c3)c2)cc1. The Balaban J connectivity index is 1.36. The molecule has 8 rings (SSSR count). The Labute approximate surface area is 220 Å². The van der Waals surface area contributed by atoms with Gasteiger partial charge in [0.15, 0.2) is 0 Å². The van der Waals surface area contributed by atoms with Gasteiger partial charge in [-0.1, -0.05) is 103 Å². The molecule has 178 valence electrons. The number of fused-ring (bicyclic) bond motifs is 7. The molecule has 0 aliphatic rings. The Morgan fingerprint density at radius 1 is 0.421 bits per heavy atom. The van der Waals surface area contributed by atoms with Gasteiger partial charge in [-0.15, -0.1) is 0 Å². The highest BCUT2D eigenvalue weighted by Crippen LogP contribution is 2.39. The standard InChI is InChI=1S/C36H24N2/c1-2-10-24(11-3-1)25-12-8-13-26(22-25)27-14-9-15-28(23-27)38-33-19-7-5-17-31(33)35-34(38)21-20-30-29-16-4-6-18-32(29)37-36(30)35/h1-23,37H. The van der Waals surface area contributed by atoms with Crippen LogP contribution in [0.2, 0.25) is 0 Å². The number of nitrogens with zero attached hydrogens (tertiary/aromatic N) is 1. The minimum absolute atomic E-state index is 1.16. The Kier molecular flexibility index (Phi) is 4.55. The van der Waals surface area contributed by atoms with Crippen molar-refractivity contribution in [2.45, 2.75) is 0 Å². The Morgan fingerprint density at radius 2 is 1.08 bits per heavy atom. The fourth-order valence-corrected chi connectivity index (χ4v) is 5.99. The lowest BCUT2D eigenvalue weighted by atomic mass is 9.99. The first-order chi connectivity index (χ1) is 18.8. The number of aromatic amines is 1. The smallest absolute Gasteiger partial charge is 0.0566 e. The number of aromatic nitrogens is 2. The molecule has 0 aliphatic heterocycles. The summed E-state index contributed by atoms with van der Waals surface area (Å²) in [4.78, 5) is 3.72. The minimum Gasteiger partial charge on any atom is -0.354 e. The summed E-state index contributed by atoms with van der Waals surface area (Å²) in [6.45, 7) is 0. The lowest BCUT2D eigenvalue weighted by Gasteiger charge is -2.11. The molecule has 38 heavy (non-hydrogen) atoms. The van der Waals surface area contributed by atoms with Gasteiger partial charge in [0.05, 0.1) is 16.6 Å². The van der Waals surface area contributed by atoms with Crippen LogP contribution in [0.5, 0.6) is 0 Å². The number of hydrogen-bond acceptors (Lipinski definition) is 0. The van der Waals surface area contributed by atoms with Crippen molar-refractivity contribution in [3.63, 3.8) is 0 Å². The van der Waals surface area contributed by atoms with Crippen LogP contribution in [0.1, 0.15) is 0 Å². The van der Waals surface area contributed by atoms with Crippen molar-refractivity contribution in [3.05, 3.63) is 140 Å². The van der Waals surface area contributed by atoms with Crippen LogP contribution in [0.15, 0.2) is 140 Å². The van der Waals surface area contributed by atoms with E-state index in [1.54, 1.807) is 0 Å². The Morgan fingerprint density at radius 3 is 1.95 bits per heavy atom. The zero-order valence-electron chi connectivity index (χ0n) is 20.7. The van der Waals surface area contributed by atoms with E-state index in [0.717, 1.165) is 5.69 Å². The topological polar surface area (TPSA) is 20.7 Å². The van der Waals surface area contributed by atoms with E-state index in [9.17, 15) is 0 Å². The Bertz CT molecular complexity index is 2130. The molecule has 0 saturated carbocycles. The van der Waals surface area contributed by atoms with E-state index < -0.39 is 0 Å². The number of benzene rings is 6. The van der Waals surface area contributed by atoms with Crippen molar-refractivity contribution in [1.29, 1.82) is 0 Å². The molecule has 0 spiro atoms. The fourth-order valence-electron chi connectivity index (χ4n) is 5.99. The maximum atomic E-state index is 3.72. The maximum Gasteiger partial charge on any atom is 0.0566 e. The highest BCUT2D eigenvalue weighted by Gasteiger charge is 2.17. The van der Waals surface area contributed by atoms with Crippen molar-refractivity contribution in [3.8, 4) is 27.9 Å². The number of rotatable bonds is 3. The number of nitrogens with one attached hydrogen (secondary N) is 1. The van der Waals surface area contributed by atoms with Crippen LogP contribution in [-0.2, 0) is 0 Å². The van der Waals surface area contributed by atoms with Crippen LogP contribution in [0, 0.1) is 0 Å². The van der Waals surface area contributed by atoms with E-state index in [4.69, 9.17) is 0 Å². The summed E-state index contributed by atoms with van der Waals surface area (Å²) in [5.74, 6) is 0. The van der Waals surface area contributed by atoms with E-state index in [-0.39, 0.29) is 0 Å². The third-order valence-corrected chi connectivity index (χ3v) is 7.72. The van der Waals surface area contributed by atoms with Gasteiger partial charge in [-0.3, -0.25) is 0 Å². The van der Waals surface area contributed by atoms with Crippen molar-refractivity contribution >= 4 is 43.6 Å². The monoisotopic (exact) mass is 484 g/mol. The molecule has 0 aliphatic carbocycles. The molecular weight excluding hydrogens is 460 g/mol. The molecule has 0 fully saturated rings. The van der Waals surface area contributed by atoms with E-state index in [0.29, 0.717) is 0 Å². The average molecular weight is 485 g/mol. The van der Waals surface area contributed by atoms with Crippen molar-refractivity contribution < 1.29 is 0 Å². The molecule has 6 aromatic carbocycles. The number of H-pyrrole nitrogens is 1. The molecule has 2 aromatic heterocycles. The van der Waals surface area contributed by atoms with Gasteiger partial charge in [-0.05, 0) is 58.7 Å². The quantitative estimate of drug-likeness (QED) is 0.258. The van der Waals surface area contributed by atoms with Gasteiger partial charge in [0, 0.05) is 32.7 Å². The third-order valence-electron chi connectivity index (χ3n) is 7.72. The Hall–Kier alpha value is -5.08. The summed E-state index contributed by atoms with van der Waals surface area (Å²) in [7, 11) is 0. The summed E-state index contributed by atoms with van der Waals surface area (Å²) >= 11 is 0. The number of hydrogen-bond donors (Lipinski definition) is 1. The van der Waals surface area contributed by atoms with Gasteiger partial charge >= 0.3 is 0 Å². The highest BCUT2D eigenvalue weighted by molar-refractivity contribution is 6.25. The van der Waals surface area contributed by atoms with Gasteiger partial charge in [0.25, 0.3) is 0 Å². The molecule has 2 nitrogen and oxygen atoms in total. The largest absolute Gasteiger partial charge is 0.354 e. The zero-order valence-corrected chi connectivity index (χ0v) is 20.7. The van der Waals surface area contributed by atoms with E-state index >= 15 is 0 Å². The molecule has 0 radical (unpaired) electrons. The summed E-state index contributed by atoms with van der Waals surface area (Å²) < 4.78 is 2.40. The summed E-state index contributed by atoms with van der Waals surface area (Å²) in [5.41, 5.74) is 10.8. The molecule has 0 amide bonds. The first-order valence-corrected chi connectivity index (χ1v) is 13.0. The van der Waals surface area contributed by atoms with E-state index in [2.05, 4.69) is 149 Å². The normalized spacial score (nSPS) is 11.7. The predicted molar refractivity (Wildman–Crippen MR) is 161 cm³/mol. The molecule has 2 heteroatoms. The maximum absolute atomic E-state index is 3.72. The summed E-state index contributed by atoms with van der Waals surface area (Å²) in [6.07, 6.45) is 0. The molecule has 8 aromatic rings. The molecule has 0 unspecified atom stereocenters. The molecule has 0 atom stereocenters. The summed E-state index contributed by atoms with van der Waals surface area (Å²) in [5, 5.41) is 5.06. The van der Waals surface area contributed by atoms with Crippen molar-refractivity contribution in [2.24, 2.45) is 0 Å².